The number of halogens is 4. The van der Waals surface area contributed by atoms with Gasteiger partial charge in [0.05, 0.1) is 11.4 Å². The monoisotopic (exact) mass is 290 g/mol. The summed E-state index contributed by atoms with van der Waals surface area (Å²) in [6.07, 6.45) is -0.646. The van der Waals surface area contributed by atoms with Gasteiger partial charge in [-0.15, -0.1) is 0 Å². The summed E-state index contributed by atoms with van der Waals surface area (Å²) in [6.45, 7) is 0. The number of hydrogen-bond donors (Lipinski definition) is 2. The van der Waals surface area contributed by atoms with Gasteiger partial charge < -0.3 is 11.1 Å². The summed E-state index contributed by atoms with van der Waals surface area (Å²) in [5, 5.41) is 2.27. The fourth-order valence-electron chi connectivity index (χ4n) is 2.20. The van der Waals surface area contributed by atoms with E-state index in [4.69, 9.17) is 5.73 Å². The van der Waals surface area contributed by atoms with Gasteiger partial charge in [-0.2, -0.15) is 0 Å². The Morgan fingerprint density at radius 3 is 2.40 bits per heavy atom. The fourth-order valence-corrected chi connectivity index (χ4v) is 2.20. The zero-order chi connectivity index (χ0) is 14.9. The molecule has 0 unspecified atom stereocenters. The van der Waals surface area contributed by atoms with E-state index in [2.05, 4.69) is 5.32 Å². The largest absolute Gasteiger partial charge is 0.396 e. The van der Waals surface area contributed by atoms with Crippen molar-refractivity contribution in [2.75, 3.05) is 11.1 Å². The lowest BCUT2D eigenvalue weighted by atomic mass is 9.86. The lowest BCUT2D eigenvalue weighted by Crippen LogP contribution is -2.32. The van der Waals surface area contributed by atoms with Crippen LogP contribution in [-0.4, -0.2) is 11.8 Å². The first kappa shape index (κ1) is 14.6. The lowest BCUT2D eigenvalue weighted by Gasteiger charge is -2.27. The summed E-state index contributed by atoms with van der Waals surface area (Å²) in [6, 6.07) is 1.54. The topological polar surface area (TPSA) is 55.1 Å². The second-order valence-corrected chi connectivity index (χ2v) is 4.97. The van der Waals surface area contributed by atoms with Gasteiger partial charge in [0.1, 0.15) is 11.6 Å². The fraction of sp³-hybridized carbons (Fsp3) is 0.462. The standard InChI is InChI=1S/C13H14F4N2O/c14-8-5-9(15)11(6-10(8)18)19-12(20)7-1-3-13(16,17)4-2-7/h5-7H,1-4,18H2,(H,19,20). The molecule has 0 spiro atoms. The third-order valence-corrected chi connectivity index (χ3v) is 3.43. The van der Waals surface area contributed by atoms with Gasteiger partial charge in [-0.25, -0.2) is 17.6 Å². The van der Waals surface area contributed by atoms with Crippen molar-refractivity contribution in [1.29, 1.82) is 0 Å². The van der Waals surface area contributed by atoms with Gasteiger partial charge in [0.2, 0.25) is 11.8 Å². The van der Waals surface area contributed by atoms with Crippen LogP contribution in [0.2, 0.25) is 0 Å². The number of carbonyl (C=O) groups excluding carboxylic acids is 1. The minimum absolute atomic E-state index is 0.0388. The molecule has 7 heteroatoms. The van der Waals surface area contributed by atoms with E-state index in [0.717, 1.165) is 6.07 Å². The number of alkyl halides is 2. The van der Waals surface area contributed by atoms with Crippen LogP contribution in [0.15, 0.2) is 12.1 Å². The van der Waals surface area contributed by atoms with Crippen LogP contribution in [0.5, 0.6) is 0 Å². The highest BCUT2D eigenvalue weighted by atomic mass is 19.3. The van der Waals surface area contributed by atoms with Gasteiger partial charge >= 0.3 is 0 Å². The molecule has 1 fully saturated rings. The number of amides is 1. The molecule has 0 bridgehead atoms. The Morgan fingerprint density at radius 2 is 1.80 bits per heavy atom. The molecule has 1 aliphatic rings. The molecule has 1 aliphatic carbocycles. The Morgan fingerprint density at radius 1 is 1.20 bits per heavy atom. The zero-order valence-electron chi connectivity index (χ0n) is 10.6. The number of nitrogens with two attached hydrogens (primary N) is 1. The van der Waals surface area contributed by atoms with Crippen molar-refractivity contribution in [3.05, 3.63) is 23.8 Å². The SMILES string of the molecule is Nc1cc(NC(=O)C2CCC(F)(F)CC2)c(F)cc1F. The molecule has 20 heavy (non-hydrogen) atoms. The molecule has 1 aromatic rings. The number of nitrogens with one attached hydrogen (secondary N) is 1. The van der Waals surface area contributed by atoms with Crippen LogP contribution in [0.1, 0.15) is 25.7 Å². The van der Waals surface area contributed by atoms with E-state index in [9.17, 15) is 22.4 Å². The van der Waals surface area contributed by atoms with E-state index in [-0.39, 0.29) is 37.1 Å². The molecule has 0 atom stereocenters. The lowest BCUT2D eigenvalue weighted by molar-refractivity contribution is -0.124. The van der Waals surface area contributed by atoms with Crippen LogP contribution in [0.3, 0.4) is 0 Å². The molecule has 110 valence electrons. The second-order valence-electron chi connectivity index (χ2n) is 4.97. The van der Waals surface area contributed by atoms with Gasteiger partial charge in [-0.3, -0.25) is 4.79 Å². The first-order valence-corrected chi connectivity index (χ1v) is 6.22. The van der Waals surface area contributed by atoms with E-state index >= 15 is 0 Å². The van der Waals surface area contributed by atoms with Gasteiger partial charge in [-0.1, -0.05) is 0 Å². The molecule has 1 aromatic carbocycles. The average molecular weight is 290 g/mol. The van der Waals surface area contributed by atoms with Crippen molar-refractivity contribution in [1.82, 2.24) is 0 Å². The predicted molar refractivity (Wildman–Crippen MR) is 66.3 cm³/mol. The van der Waals surface area contributed by atoms with E-state index in [1.54, 1.807) is 0 Å². The summed E-state index contributed by atoms with van der Waals surface area (Å²) >= 11 is 0. The maximum Gasteiger partial charge on any atom is 0.248 e. The Kier molecular flexibility index (Phi) is 3.87. The molecular weight excluding hydrogens is 276 g/mol. The number of carbonyl (C=O) groups is 1. The van der Waals surface area contributed by atoms with E-state index in [0.29, 0.717) is 6.07 Å². The van der Waals surface area contributed by atoms with Crippen LogP contribution < -0.4 is 11.1 Å². The normalized spacial score (nSPS) is 18.8. The first-order chi connectivity index (χ1) is 9.28. The summed E-state index contributed by atoms with van der Waals surface area (Å²) in [7, 11) is 0. The molecule has 1 saturated carbocycles. The molecular formula is C13H14F4N2O. The maximum absolute atomic E-state index is 13.5. The van der Waals surface area contributed by atoms with Gasteiger partial charge in [-0.05, 0) is 18.9 Å². The van der Waals surface area contributed by atoms with Crippen molar-refractivity contribution in [2.24, 2.45) is 5.92 Å². The summed E-state index contributed by atoms with van der Waals surface area (Å²) in [5.74, 6) is -5.75. The Balaban J connectivity index is 2.04. The average Bonchev–Trinajstić information content (AvgIpc) is 2.35. The zero-order valence-corrected chi connectivity index (χ0v) is 10.6. The third-order valence-electron chi connectivity index (χ3n) is 3.43. The molecule has 1 amide bonds. The molecule has 0 aromatic heterocycles. The molecule has 0 saturated heterocycles. The minimum Gasteiger partial charge on any atom is -0.396 e. The highest BCUT2D eigenvalue weighted by molar-refractivity contribution is 5.93. The molecule has 0 aliphatic heterocycles. The maximum atomic E-state index is 13.5. The summed E-state index contributed by atoms with van der Waals surface area (Å²) < 4.78 is 52.4. The number of benzene rings is 1. The van der Waals surface area contributed by atoms with Crippen molar-refractivity contribution in [2.45, 2.75) is 31.6 Å². The number of nitrogen functional groups attached to an aromatic ring is 1. The van der Waals surface area contributed by atoms with Crippen LogP contribution >= 0.6 is 0 Å². The van der Waals surface area contributed by atoms with Crippen molar-refractivity contribution in [3.63, 3.8) is 0 Å². The smallest absolute Gasteiger partial charge is 0.248 e. The molecule has 0 heterocycles. The number of hydrogen-bond acceptors (Lipinski definition) is 2. The highest BCUT2D eigenvalue weighted by Crippen LogP contribution is 2.36. The van der Waals surface area contributed by atoms with Crippen LogP contribution in [0, 0.1) is 17.6 Å². The summed E-state index contributed by atoms with van der Waals surface area (Å²) in [5.41, 5.74) is 4.75. The summed E-state index contributed by atoms with van der Waals surface area (Å²) in [4.78, 5) is 11.9. The van der Waals surface area contributed by atoms with Gasteiger partial charge in [0.25, 0.3) is 0 Å². The Labute approximate surface area is 113 Å². The third kappa shape index (κ3) is 3.20. The Bertz CT molecular complexity index is 523. The Hall–Kier alpha value is -1.79. The predicted octanol–water partition coefficient (Wildman–Crippen LogP) is 3.31. The number of anilines is 2. The highest BCUT2D eigenvalue weighted by Gasteiger charge is 2.37. The van der Waals surface area contributed by atoms with E-state index in [1.165, 1.54) is 0 Å². The minimum atomic E-state index is -2.73. The van der Waals surface area contributed by atoms with E-state index < -0.39 is 29.4 Å². The molecule has 2 rings (SSSR count). The molecule has 0 radical (unpaired) electrons. The number of rotatable bonds is 2. The second kappa shape index (κ2) is 5.30. The van der Waals surface area contributed by atoms with Crippen LogP contribution in [-0.2, 0) is 4.79 Å². The van der Waals surface area contributed by atoms with Crippen molar-refractivity contribution < 1.29 is 22.4 Å². The van der Waals surface area contributed by atoms with Gasteiger partial charge in [0, 0.05) is 24.8 Å². The first-order valence-electron chi connectivity index (χ1n) is 6.22. The van der Waals surface area contributed by atoms with Gasteiger partial charge in [0.15, 0.2) is 0 Å². The van der Waals surface area contributed by atoms with E-state index in [1.807, 2.05) is 0 Å². The van der Waals surface area contributed by atoms with Crippen LogP contribution in [0.4, 0.5) is 28.9 Å². The molecule has 3 N–H and O–H groups in total. The van der Waals surface area contributed by atoms with Crippen molar-refractivity contribution in [3.8, 4) is 0 Å². The van der Waals surface area contributed by atoms with Crippen LogP contribution in [0.25, 0.3) is 0 Å². The van der Waals surface area contributed by atoms with Crippen molar-refractivity contribution >= 4 is 17.3 Å². The quantitative estimate of drug-likeness (QED) is 0.648. The molecule has 3 nitrogen and oxygen atoms in total.